The molecule has 1 aromatic heterocycles. The fourth-order valence-corrected chi connectivity index (χ4v) is 3.73. The Balaban J connectivity index is 1.31. The summed E-state index contributed by atoms with van der Waals surface area (Å²) in [6.07, 6.45) is 2.04. The first-order chi connectivity index (χ1) is 14.6. The molecule has 2 heterocycles. The van der Waals surface area contributed by atoms with Gasteiger partial charge in [0.05, 0.1) is 0 Å². The highest BCUT2D eigenvalue weighted by Gasteiger charge is 2.24. The predicted octanol–water partition coefficient (Wildman–Crippen LogP) is 4.74. The molecule has 1 aliphatic rings. The third-order valence-corrected chi connectivity index (χ3v) is 5.37. The zero-order chi connectivity index (χ0) is 20.9. The Bertz CT molecular complexity index is 1000. The monoisotopic (exact) mass is 425 g/mol. The van der Waals surface area contributed by atoms with Gasteiger partial charge in [0.25, 0.3) is 0 Å². The Hall–Kier alpha value is -3.06. The summed E-state index contributed by atoms with van der Waals surface area (Å²) in [4.78, 5) is 14.3. The second-order valence-electron chi connectivity index (χ2n) is 7.56. The number of hydrogen-bond acceptors (Lipinski definition) is 5. The Morgan fingerprint density at radius 2 is 2.07 bits per heavy atom. The molecule has 3 aromatic rings. The number of hydrogen-bond donors (Lipinski definition) is 2. The SMILES string of the molecule is Cc1ccc(NC(=O)NCC2CCCN(c3nnc(-c4cccc(Cl)c4)o3)C2)cc1. The molecule has 2 aromatic carbocycles. The van der Waals surface area contributed by atoms with Gasteiger partial charge < -0.3 is 20.0 Å². The van der Waals surface area contributed by atoms with E-state index in [0.717, 1.165) is 42.7 Å². The molecular weight excluding hydrogens is 402 g/mol. The zero-order valence-electron chi connectivity index (χ0n) is 16.8. The first-order valence-corrected chi connectivity index (χ1v) is 10.4. The van der Waals surface area contributed by atoms with Gasteiger partial charge in [-0.3, -0.25) is 0 Å². The van der Waals surface area contributed by atoms with Gasteiger partial charge in [0, 0.05) is 35.9 Å². The van der Waals surface area contributed by atoms with Gasteiger partial charge in [0.2, 0.25) is 5.89 Å². The highest BCUT2D eigenvalue weighted by atomic mass is 35.5. The second-order valence-corrected chi connectivity index (χ2v) is 7.99. The molecule has 4 rings (SSSR count). The molecule has 1 unspecified atom stereocenters. The van der Waals surface area contributed by atoms with Gasteiger partial charge >= 0.3 is 12.0 Å². The minimum atomic E-state index is -0.197. The van der Waals surface area contributed by atoms with Crippen LogP contribution in [0.5, 0.6) is 0 Å². The lowest BCUT2D eigenvalue weighted by Gasteiger charge is -2.31. The van der Waals surface area contributed by atoms with Gasteiger partial charge in [-0.15, -0.1) is 5.10 Å². The van der Waals surface area contributed by atoms with Crippen LogP contribution in [-0.2, 0) is 0 Å². The number of halogens is 1. The van der Waals surface area contributed by atoms with Crippen molar-refractivity contribution in [3.05, 3.63) is 59.1 Å². The van der Waals surface area contributed by atoms with Gasteiger partial charge in [-0.2, -0.15) is 0 Å². The van der Waals surface area contributed by atoms with E-state index in [-0.39, 0.29) is 6.03 Å². The van der Waals surface area contributed by atoms with Crippen LogP contribution in [0.15, 0.2) is 52.9 Å². The van der Waals surface area contributed by atoms with Crippen molar-refractivity contribution in [2.24, 2.45) is 5.92 Å². The van der Waals surface area contributed by atoms with Crippen LogP contribution < -0.4 is 15.5 Å². The molecule has 1 aliphatic heterocycles. The summed E-state index contributed by atoms with van der Waals surface area (Å²) in [7, 11) is 0. The Labute approximate surface area is 180 Å². The van der Waals surface area contributed by atoms with Crippen LogP contribution in [0.1, 0.15) is 18.4 Å². The Morgan fingerprint density at radius 1 is 1.23 bits per heavy atom. The zero-order valence-corrected chi connectivity index (χ0v) is 17.5. The average molecular weight is 426 g/mol. The van der Waals surface area contributed by atoms with Crippen molar-refractivity contribution in [1.29, 1.82) is 0 Å². The van der Waals surface area contributed by atoms with Crippen LogP contribution in [0.2, 0.25) is 5.02 Å². The number of anilines is 2. The smallest absolute Gasteiger partial charge is 0.319 e. The number of aromatic nitrogens is 2. The van der Waals surface area contributed by atoms with Crippen LogP contribution in [0, 0.1) is 12.8 Å². The van der Waals surface area contributed by atoms with Crippen LogP contribution >= 0.6 is 11.6 Å². The first kappa shape index (κ1) is 20.2. The van der Waals surface area contributed by atoms with Crippen molar-refractivity contribution in [3.63, 3.8) is 0 Å². The lowest BCUT2D eigenvalue weighted by atomic mass is 9.98. The molecular formula is C22H24ClN5O2. The molecule has 30 heavy (non-hydrogen) atoms. The van der Waals surface area contributed by atoms with Crippen LogP contribution in [-0.4, -0.2) is 35.9 Å². The van der Waals surface area contributed by atoms with Gasteiger partial charge in [0.1, 0.15) is 0 Å². The van der Waals surface area contributed by atoms with E-state index in [4.69, 9.17) is 16.0 Å². The summed E-state index contributed by atoms with van der Waals surface area (Å²) in [6, 6.07) is 15.4. The molecule has 0 aliphatic carbocycles. The largest absolute Gasteiger partial charge is 0.403 e. The quantitative estimate of drug-likeness (QED) is 0.617. The van der Waals surface area contributed by atoms with E-state index < -0.39 is 0 Å². The molecule has 7 nitrogen and oxygen atoms in total. The summed E-state index contributed by atoms with van der Waals surface area (Å²) < 4.78 is 5.87. The van der Waals surface area contributed by atoms with E-state index in [9.17, 15) is 4.79 Å². The number of nitrogens with one attached hydrogen (secondary N) is 2. The number of carbonyl (C=O) groups excluding carboxylic acids is 1. The Morgan fingerprint density at radius 3 is 2.87 bits per heavy atom. The maximum absolute atomic E-state index is 12.2. The van der Waals surface area contributed by atoms with Gasteiger partial charge in [-0.1, -0.05) is 40.5 Å². The van der Waals surface area contributed by atoms with Crippen molar-refractivity contribution in [1.82, 2.24) is 15.5 Å². The summed E-state index contributed by atoms with van der Waals surface area (Å²) in [5.74, 6) is 0.759. The summed E-state index contributed by atoms with van der Waals surface area (Å²) in [5, 5.41) is 14.8. The van der Waals surface area contributed by atoms with Crippen molar-refractivity contribution in [3.8, 4) is 11.5 Å². The van der Waals surface area contributed by atoms with Gasteiger partial charge in [-0.25, -0.2) is 4.79 Å². The highest BCUT2D eigenvalue weighted by Crippen LogP contribution is 2.27. The normalized spacial score (nSPS) is 16.3. The van der Waals surface area contributed by atoms with Crippen LogP contribution in [0.3, 0.4) is 0 Å². The highest BCUT2D eigenvalue weighted by molar-refractivity contribution is 6.30. The summed E-state index contributed by atoms with van der Waals surface area (Å²) in [6.45, 7) is 4.20. The topological polar surface area (TPSA) is 83.3 Å². The Kier molecular flexibility index (Phi) is 6.18. The van der Waals surface area contributed by atoms with E-state index in [2.05, 4.69) is 25.7 Å². The first-order valence-electron chi connectivity index (χ1n) is 10.0. The average Bonchev–Trinajstić information content (AvgIpc) is 3.25. The summed E-state index contributed by atoms with van der Waals surface area (Å²) >= 11 is 6.05. The number of rotatable bonds is 5. The molecule has 0 radical (unpaired) electrons. The number of amides is 2. The fraction of sp³-hybridized carbons (Fsp3) is 0.318. The number of nitrogens with zero attached hydrogens (tertiary/aromatic N) is 3. The molecule has 2 N–H and O–H groups in total. The van der Waals surface area contributed by atoms with E-state index in [1.54, 1.807) is 12.1 Å². The number of urea groups is 1. The third kappa shape index (κ3) is 5.10. The molecule has 0 bridgehead atoms. The molecule has 2 amide bonds. The van der Waals surface area contributed by atoms with E-state index >= 15 is 0 Å². The number of carbonyl (C=O) groups is 1. The number of aryl methyl sites for hydroxylation is 1. The van der Waals surface area contributed by atoms with Crippen molar-refractivity contribution < 1.29 is 9.21 Å². The predicted molar refractivity (Wildman–Crippen MR) is 118 cm³/mol. The maximum atomic E-state index is 12.2. The number of piperidine rings is 1. The molecule has 1 atom stereocenters. The minimum Gasteiger partial charge on any atom is -0.403 e. The molecule has 0 spiro atoms. The standard InChI is InChI=1S/C22H24ClN5O2/c1-15-7-9-19(10-8-15)25-21(29)24-13-16-4-3-11-28(14-16)22-27-26-20(30-22)17-5-2-6-18(23)12-17/h2,5-10,12,16H,3-4,11,13-14H2,1H3,(H2,24,25,29). The van der Waals surface area contributed by atoms with Crippen LogP contribution in [0.25, 0.3) is 11.5 Å². The van der Waals surface area contributed by atoms with Crippen molar-refractivity contribution >= 4 is 29.3 Å². The maximum Gasteiger partial charge on any atom is 0.319 e. The van der Waals surface area contributed by atoms with E-state index in [1.165, 1.54) is 0 Å². The van der Waals surface area contributed by atoms with Crippen molar-refractivity contribution in [2.75, 3.05) is 29.9 Å². The molecule has 8 heteroatoms. The fourth-order valence-electron chi connectivity index (χ4n) is 3.54. The minimum absolute atomic E-state index is 0.197. The van der Waals surface area contributed by atoms with Crippen LogP contribution in [0.4, 0.5) is 16.5 Å². The summed E-state index contributed by atoms with van der Waals surface area (Å²) in [5.41, 5.74) is 2.73. The third-order valence-electron chi connectivity index (χ3n) is 5.14. The van der Waals surface area contributed by atoms with E-state index in [0.29, 0.717) is 29.4 Å². The molecule has 0 saturated carbocycles. The second kappa shape index (κ2) is 9.17. The molecule has 156 valence electrons. The lowest BCUT2D eigenvalue weighted by Crippen LogP contribution is -2.42. The number of benzene rings is 2. The van der Waals surface area contributed by atoms with Gasteiger partial charge in [0.15, 0.2) is 0 Å². The molecule has 1 saturated heterocycles. The van der Waals surface area contributed by atoms with E-state index in [1.807, 2.05) is 43.3 Å². The lowest BCUT2D eigenvalue weighted by molar-refractivity contribution is 0.249. The molecule has 1 fully saturated rings. The van der Waals surface area contributed by atoms with Gasteiger partial charge in [-0.05, 0) is 56.0 Å². The van der Waals surface area contributed by atoms with Crippen molar-refractivity contribution in [2.45, 2.75) is 19.8 Å².